The fourth-order valence-electron chi connectivity index (χ4n) is 4.82. The highest BCUT2D eigenvalue weighted by Gasteiger charge is 2.60. The van der Waals surface area contributed by atoms with Crippen LogP contribution in [0.15, 0.2) is 48.5 Å². The summed E-state index contributed by atoms with van der Waals surface area (Å²) in [6.07, 6.45) is 5.97. The quantitative estimate of drug-likeness (QED) is 0.757. The standard InChI is InChI=1S/C25H24N2O4/c1-3-26-21(13-9-15-8-12-19(28)20(14-15)31-2)27(16-10-11-16)23-22(26)24(29)17-6-4-5-7-18(17)25(23)30/h4-9,12-14,16,22-23H,3,10-11H2,1-2H3/p+1. The van der Waals surface area contributed by atoms with Crippen LogP contribution in [0, 0.1) is 0 Å². The number of benzene rings is 2. The van der Waals surface area contributed by atoms with Crippen LogP contribution in [0.5, 0.6) is 11.5 Å². The highest BCUT2D eigenvalue weighted by molar-refractivity contribution is 6.20. The van der Waals surface area contributed by atoms with E-state index in [2.05, 4.69) is 9.48 Å². The van der Waals surface area contributed by atoms with Gasteiger partial charge in [0.15, 0.2) is 11.5 Å². The Bertz CT molecular complexity index is 1150. The number of hydrogen-bond acceptors (Lipinski definition) is 5. The zero-order valence-corrected chi connectivity index (χ0v) is 17.6. The lowest BCUT2D eigenvalue weighted by atomic mass is 9.82. The Kier molecular flexibility index (Phi) is 4.65. The number of ketones is 2. The van der Waals surface area contributed by atoms with E-state index in [0.29, 0.717) is 23.4 Å². The highest BCUT2D eigenvalue weighted by Crippen LogP contribution is 2.39. The minimum absolute atomic E-state index is 0.0161. The third kappa shape index (κ3) is 3.05. The third-order valence-electron chi connectivity index (χ3n) is 6.40. The molecular weight excluding hydrogens is 392 g/mol. The number of fused-ring (bicyclic) bond motifs is 2. The molecule has 2 atom stereocenters. The molecule has 3 aliphatic rings. The maximum absolute atomic E-state index is 13.5. The average Bonchev–Trinajstić information content (AvgIpc) is 3.57. The van der Waals surface area contributed by atoms with Crippen molar-refractivity contribution in [3.05, 3.63) is 65.2 Å². The Morgan fingerprint density at radius 2 is 1.81 bits per heavy atom. The average molecular weight is 417 g/mol. The number of rotatable bonds is 5. The maximum atomic E-state index is 13.5. The first-order valence-corrected chi connectivity index (χ1v) is 10.7. The predicted octanol–water partition coefficient (Wildman–Crippen LogP) is 3.14. The molecule has 1 N–H and O–H groups in total. The van der Waals surface area contributed by atoms with Crippen LogP contribution in [0.1, 0.15) is 46.0 Å². The van der Waals surface area contributed by atoms with Gasteiger partial charge in [0.2, 0.25) is 23.7 Å². The molecule has 158 valence electrons. The molecule has 1 heterocycles. The number of Topliss-reactive ketones (excluding diaryl/α,β-unsaturated/α-hetero) is 2. The predicted molar refractivity (Wildman–Crippen MR) is 117 cm³/mol. The molecule has 0 bridgehead atoms. The van der Waals surface area contributed by atoms with Crippen molar-refractivity contribution in [2.45, 2.75) is 37.9 Å². The van der Waals surface area contributed by atoms with Gasteiger partial charge in [0, 0.05) is 17.2 Å². The first kappa shape index (κ1) is 19.5. The molecule has 0 amide bonds. The van der Waals surface area contributed by atoms with Gasteiger partial charge in [0.05, 0.1) is 19.7 Å². The summed E-state index contributed by atoms with van der Waals surface area (Å²) in [6, 6.07) is 11.6. The lowest BCUT2D eigenvalue weighted by Crippen LogP contribution is -2.53. The lowest BCUT2D eigenvalue weighted by molar-refractivity contribution is -0.538. The van der Waals surface area contributed by atoms with Crippen molar-refractivity contribution in [1.82, 2.24) is 4.90 Å². The van der Waals surface area contributed by atoms with E-state index in [1.54, 1.807) is 30.3 Å². The molecule has 6 heteroatoms. The number of carbonyl (C=O) groups excluding carboxylic acids is 2. The summed E-state index contributed by atoms with van der Waals surface area (Å²) in [5, 5.41) is 9.86. The Balaban J connectivity index is 1.59. The summed E-state index contributed by atoms with van der Waals surface area (Å²) in [5.74, 6) is 1.44. The van der Waals surface area contributed by atoms with Crippen LogP contribution in [0.4, 0.5) is 0 Å². The van der Waals surface area contributed by atoms with Crippen LogP contribution < -0.4 is 4.74 Å². The Morgan fingerprint density at radius 3 is 2.45 bits per heavy atom. The lowest BCUT2D eigenvalue weighted by Gasteiger charge is -2.27. The second kappa shape index (κ2) is 7.38. The smallest absolute Gasteiger partial charge is 0.273 e. The Labute approximate surface area is 181 Å². The summed E-state index contributed by atoms with van der Waals surface area (Å²) in [7, 11) is 1.52. The Hall–Kier alpha value is -3.41. The molecule has 0 aromatic heterocycles. The van der Waals surface area contributed by atoms with Gasteiger partial charge in [0.25, 0.3) is 5.84 Å². The topological polar surface area (TPSA) is 69.8 Å². The van der Waals surface area contributed by atoms with Gasteiger partial charge in [-0.2, -0.15) is 0 Å². The van der Waals surface area contributed by atoms with Crippen LogP contribution in [-0.4, -0.2) is 63.8 Å². The SMILES string of the molecule is CC[N+]1=C(/C=C/c2ccc(O)c(OC)c2)N(C2CC2)C2C(=O)c3ccccc3C(=O)C21. The minimum Gasteiger partial charge on any atom is -0.504 e. The summed E-state index contributed by atoms with van der Waals surface area (Å²) in [5.41, 5.74) is 1.92. The molecule has 5 rings (SSSR count). The number of methoxy groups -OCH3 is 1. The van der Waals surface area contributed by atoms with Crippen LogP contribution in [0.3, 0.4) is 0 Å². The van der Waals surface area contributed by atoms with Crippen LogP contribution in [0.25, 0.3) is 6.08 Å². The van der Waals surface area contributed by atoms with Crippen molar-refractivity contribution in [2.75, 3.05) is 13.7 Å². The molecule has 1 saturated carbocycles. The van der Waals surface area contributed by atoms with Crippen molar-refractivity contribution in [3.63, 3.8) is 0 Å². The molecule has 0 radical (unpaired) electrons. The number of ether oxygens (including phenoxy) is 1. The molecule has 2 aliphatic carbocycles. The largest absolute Gasteiger partial charge is 0.504 e. The van der Waals surface area contributed by atoms with Crippen LogP contribution in [-0.2, 0) is 0 Å². The van der Waals surface area contributed by atoms with Crippen molar-refractivity contribution in [1.29, 1.82) is 0 Å². The molecule has 31 heavy (non-hydrogen) atoms. The van der Waals surface area contributed by atoms with E-state index in [9.17, 15) is 14.7 Å². The molecule has 2 unspecified atom stereocenters. The third-order valence-corrected chi connectivity index (χ3v) is 6.40. The van der Waals surface area contributed by atoms with Crippen molar-refractivity contribution in [2.24, 2.45) is 0 Å². The molecule has 1 aliphatic heterocycles. The van der Waals surface area contributed by atoms with Gasteiger partial charge < -0.3 is 9.84 Å². The van der Waals surface area contributed by atoms with Crippen LogP contribution >= 0.6 is 0 Å². The number of amidine groups is 1. The zero-order chi connectivity index (χ0) is 21.7. The number of likely N-dealkylation sites (N-methyl/N-ethyl adjacent to an activating group) is 1. The zero-order valence-electron chi connectivity index (χ0n) is 17.6. The van der Waals surface area contributed by atoms with Gasteiger partial charge in [-0.3, -0.25) is 9.59 Å². The molecule has 2 aromatic rings. The fraction of sp³-hybridized carbons (Fsp3) is 0.320. The van der Waals surface area contributed by atoms with E-state index < -0.39 is 12.1 Å². The highest BCUT2D eigenvalue weighted by atomic mass is 16.5. The Morgan fingerprint density at radius 1 is 1.10 bits per heavy atom. The molecule has 2 aromatic carbocycles. The van der Waals surface area contributed by atoms with Crippen LogP contribution in [0.2, 0.25) is 0 Å². The van der Waals surface area contributed by atoms with Gasteiger partial charge >= 0.3 is 0 Å². The van der Waals surface area contributed by atoms with Gasteiger partial charge in [0.1, 0.15) is 0 Å². The monoisotopic (exact) mass is 417 g/mol. The van der Waals surface area contributed by atoms with E-state index in [0.717, 1.165) is 24.2 Å². The number of nitrogens with zero attached hydrogens (tertiary/aromatic N) is 2. The summed E-state index contributed by atoms with van der Waals surface area (Å²) in [6.45, 7) is 2.65. The second-order valence-corrected chi connectivity index (χ2v) is 8.21. The first-order valence-electron chi connectivity index (χ1n) is 10.7. The van der Waals surface area contributed by atoms with Gasteiger partial charge in [-0.15, -0.1) is 0 Å². The van der Waals surface area contributed by atoms with Gasteiger partial charge in [-0.25, -0.2) is 9.48 Å². The van der Waals surface area contributed by atoms with Gasteiger partial charge in [-0.1, -0.05) is 30.3 Å². The number of phenolic OH excluding ortho intramolecular Hbond substituents is 1. The molecule has 0 saturated heterocycles. The van der Waals surface area contributed by atoms with E-state index in [-0.39, 0.29) is 23.4 Å². The second-order valence-electron chi connectivity index (χ2n) is 8.21. The van der Waals surface area contributed by atoms with Gasteiger partial charge in [-0.05, 0) is 43.5 Å². The first-order chi connectivity index (χ1) is 15.0. The molecule has 0 spiro atoms. The van der Waals surface area contributed by atoms with Crippen molar-refractivity contribution in [3.8, 4) is 11.5 Å². The molecule has 1 fully saturated rings. The van der Waals surface area contributed by atoms with E-state index in [4.69, 9.17) is 4.74 Å². The van der Waals surface area contributed by atoms with Crippen molar-refractivity contribution >= 4 is 23.5 Å². The molecule has 6 nitrogen and oxygen atoms in total. The summed E-state index contributed by atoms with van der Waals surface area (Å²) < 4.78 is 7.27. The van der Waals surface area contributed by atoms with E-state index in [1.165, 1.54) is 7.11 Å². The molecular formula is C25H25N2O4+. The maximum Gasteiger partial charge on any atom is 0.273 e. The number of hydrogen-bond donors (Lipinski definition) is 1. The summed E-state index contributed by atoms with van der Waals surface area (Å²) >= 11 is 0. The fourth-order valence-corrected chi connectivity index (χ4v) is 4.82. The van der Waals surface area contributed by atoms with Crippen molar-refractivity contribution < 1.29 is 24.0 Å². The normalized spacial score (nSPS) is 22.8. The number of carbonyl (C=O) groups is 2. The van der Waals surface area contributed by atoms with E-state index in [1.807, 2.05) is 31.2 Å². The number of phenols is 1. The van der Waals surface area contributed by atoms with E-state index >= 15 is 0 Å². The minimum atomic E-state index is -0.498. The number of aromatic hydroxyl groups is 1. The summed E-state index contributed by atoms with van der Waals surface area (Å²) in [4.78, 5) is 29.1.